The number of unbranched alkanes of at least 4 members (excludes halogenated alkanes) is 1. The van der Waals surface area contributed by atoms with Crippen LogP contribution in [-0.4, -0.2) is 22.2 Å². The fourth-order valence-corrected chi connectivity index (χ4v) is 4.06. The smallest absolute Gasteiger partial charge is 0.149 e. The fraction of sp³-hybridized carbons (Fsp3) is 0.500. The molecule has 0 N–H and O–H groups in total. The standard InChI is InChI=1S/C14H22O2Si/c1-5-6-7-12-13(16-2)9-8-11(10-15)14(12)17(3)4/h8-10,17H,5-7H2,1-4H3. The molecule has 0 aliphatic heterocycles. The second-order valence-corrected chi connectivity index (χ2v) is 7.51. The van der Waals surface area contributed by atoms with Crippen molar-refractivity contribution in [1.82, 2.24) is 0 Å². The maximum absolute atomic E-state index is 11.1. The van der Waals surface area contributed by atoms with Gasteiger partial charge in [-0.15, -0.1) is 0 Å². The summed E-state index contributed by atoms with van der Waals surface area (Å²) in [4.78, 5) is 11.1. The molecule has 0 saturated heterocycles. The summed E-state index contributed by atoms with van der Waals surface area (Å²) in [7, 11) is 0.684. The number of rotatable bonds is 6. The van der Waals surface area contributed by atoms with Crippen molar-refractivity contribution in [1.29, 1.82) is 0 Å². The highest BCUT2D eigenvalue weighted by molar-refractivity contribution is 6.72. The number of ether oxygens (including phenoxy) is 1. The highest BCUT2D eigenvalue weighted by atomic mass is 28.3. The molecular formula is C14H22O2Si. The zero-order valence-corrected chi connectivity index (χ0v) is 12.4. The number of methoxy groups -OCH3 is 1. The Balaban J connectivity index is 3.30. The van der Waals surface area contributed by atoms with E-state index < -0.39 is 8.80 Å². The summed E-state index contributed by atoms with van der Waals surface area (Å²) in [5.74, 6) is 0.945. The van der Waals surface area contributed by atoms with E-state index in [9.17, 15) is 4.79 Å². The van der Waals surface area contributed by atoms with E-state index in [-0.39, 0.29) is 0 Å². The molecule has 94 valence electrons. The average molecular weight is 250 g/mol. The predicted octanol–water partition coefficient (Wildman–Crippen LogP) is 2.54. The van der Waals surface area contributed by atoms with Crippen molar-refractivity contribution < 1.29 is 9.53 Å². The lowest BCUT2D eigenvalue weighted by atomic mass is 10.0. The van der Waals surface area contributed by atoms with Crippen molar-refractivity contribution in [3.8, 4) is 5.75 Å². The molecule has 0 amide bonds. The molecule has 17 heavy (non-hydrogen) atoms. The van der Waals surface area contributed by atoms with Gasteiger partial charge in [0, 0.05) is 5.56 Å². The summed E-state index contributed by atoms with van der Waals surface area (Å²) in [6.07, 6.45) is 4.30. The summed E-state index contributed by atoms with van der Waals surface area (Å²) in [6, 6.07) is 3.82. The van der Waals surface area contributed by atoms with E-state index in [0.717, 1.165) is 36.9 Å². The van der Waals surface area contributed by atoms with Crippen LogP contribution < -0.4 is 9.92 Å². The largest absolute Gasteiger partial charge is 0.496 e. The van der Waals surface area contributed by atoms with Gasteiger partial charge in [-0.1, -0.05) is 26.4 Å². The number of aldehydes is 1. The molecule has 0 fully saturated rings. The molecule has 0 atom stereocenters. The second-order valence-electron chi connectivity index (χ2n) is 4.63. The van der Waals surface area contributed by atoms with Gasteiger partial charge in [-0.3, -0.25) is 4.79 Å². The maximum Gasteiger partial charge on any atom is 0.149 e. The van der Waals surface area contributed by atoms with Crippen LogP contribution in [0.1, 0.15) is 35.7 Å². The first-order valence-electron chi connectivity index (χ1n) is 6.30. The third-order valence-corrected chi connectivity index (χ3v) is 4.89. The Kier molecular flexibility index (Phi) is 5.42. The topological polar surface area (TPSA) is 26.3 Å². The quantitative estimate of drug-likeness (QED) is 0.573. The van der Waals surface area contributed by atoms with Crippen LogP contribution in [0.5, 0.6) is 5.75 Å². The van der Waals surface area contributed by atoms with Crippen LogP contribution in [0.4, 0.5) is 0 Å². The number of carbonyl (C=O) groups is 1. The third kappa shape index (κ3) is 3.19. The third-order valence-electron chi connectivity index (χ3n) is 3.05. The first kappa shape index (κ1) is 14.0. The lowest BCUT2D eigenvalue weighted by Crippen LogP contribution is -2.31. The first-order valence-corrected chi connectivity index (χ1v) is 9.19. The summed E-state index contributed by atoms with van der Waals surface area (Å²) in [6.45, 7) is 6.71. The van der Waals surface area contributed by atoms with Crippen LogP contribution in [0.3, 0.4) is 0 Å². The van der Waals surface area contributed by atoms with Gasteiger partial charge in [-0.25, -0.2) is 0 Å². The molecule has 1 aromatic carbocycles. The summed E-state index contributed by atoms with van der Waals surface area (Å²) in [5, 5.41) is 1.28. The Morgan fingerprint density at radius 1 is 1.35 bits per heavy atom. The molecule has 0 aliphatic rings. The Bertz CT molecular complexity index is 386. The molecule has 0 unspecified atom stereocenters. The van der Waals surface area contributed by atoms with E-state index in [1.165, 1.54) is 10.8 Å². The molecule has 0 radical (unpaired) electrons. The van der Waals surface area contributed by atoms with E-state index in [1.54, 1.807) is 7.11 Å². The van der Waals surface area contributed by atoms with E-state index in [1.807, 2.05) is 12.1 Å². The van der Waals surface area contributed by atoms with Crippen LogP contribution in [0.15, 0.2) is 12.1 Å². The van der Waals surface area contributed by atoms with Gasteiger partial charge in [0.25, 0.3) is 0 Å². The van der Waals surface area contributed by atoms with Crippen molar-refractivity contribution in [3.63, 3.8) is 0 Å². The van der Waals surface area contributed by atoms with E-state index in [4.69, 9.17) is 4.74 Å². The molecule has 1 rings (SSSR count). The van der Waals surface area contributed by atoms with Crippen LogP contribution in [0, 0.1) is 0 Å². The van der Waals surface area contributed by atoms with Gasteiger partial charge in [0.1, 0.15) is 12.0 Å². The van der Waals surface area contributed by atoms with Crippen molar-refractivity contribution in [2.45, 2.75) is 39.3 Å². The van der Waals surface area contributed by atoms with Gasteiger partial charge >= 0.3 is 0 Å². The van der Waals surface area contributed by atoms with E-state index >= 15 is 0 Å². The number of carbonyl (C=O) groups excluding carboxylic acids is 1. The molecule has 2 nitrogen and oxygen atoms in total. The molecular weight excluding hydrogens is 228 g/mol. The zero-order valence-electron chi connectivity index (χ0n) is 11.2. The highest BCUT2D eigenvalue weighted by Crippen LogP contribution is 2.20. The van der Waals surface area contributed by atoms with Gasteiger partial charge in [-0.05, 0) is 35.7 Å². The molecule has 0 saturated carbocycles. The monoisotopic (exact) mass is 250 g/mol. The van der Waals surface area contributed by atoms with Gasteiger partial charge < -0.3 is 4.74 Å². The number of hydrogen-bond donors (Lipinski definition) is 0. The Labute approximate surface area is 106 Å². The van der Waals surface area contributed by atoms with Gasteiger partial charge in [0.05, 0.1) is 15.9 Å². The minimum absolute atomic E-state index is 0.860. The summed E-state index contributed by atoms with van der Waals surface area (Å²) < 4.78 is 5.44. The van der Waals surface area contributed by atoms with E-state index in [2.05, 4.69) is 20.0 Å². The molecule has 0 aromatic heterocycles. The molecule has 0 spiro atoms. The minimum atomic E-state index is -1.02. The molecule has 0 aliphatic carbocycles. The molecule has 0 heterocycles. The predicted molar refractivity (Wildman–Crippen MR) is 75.5 cm³/mol. The minimum Gasteiger partial charge on any atom is -0.496 e. The fourth-order valence-electron chi connectivity index (χ4n) is 2.25. The second kappa shape index (κ2) is 6.60. The molecule has 3 heteroatoms. The van der Waals surface area contributed by atoms with Crippen molar-refractivity contribution in [3.05, 3.63) is 23.3 Å². The number of hydrogen-bond acceptors (Lipinski definition) is 2. The Hall–Kier alpha value is -1.09. The number of benzene rings is 1. The van der Waals surface area contributed by atoms with Crippen LogP contribution >= 0.6 is 0 Å². The normalized spacial score (nSPS) is 10.6. The van der Waals surface area contributed by atoms with Crippen LogP contribution in [0.25, 0.3) is 0 Å². The average Bonchev–Trinajstić information content (AvgIpc) is 2.34. The molecule has 1 aromatic rings. The van der Waals surface area contributed by atoms with Gasteiger partial charge in [-0.2, -0.15) is 0 Å². The Morgan fingerprint density at radius 2 is 2.06 bits per heavy atom. The van der Waals surface area contributed by atoms with Crippen molar-refractivity contribution >= 4 is 20.3 Å². The van der Waals surface area contributed by atoms with Crippen molar-refractivity contribution in [2.24, 2.45) is 0 Å². The maximum atomic E-state index is 11.1. The van der Waals surface area contributed by atoms with Crippen LogP contribution in [-0.2, 0) is 6.42 Å². The zero-order chi connectivity index (χ0) is 12.8. The lowest BCUT2D eigenvalue weighted by molar-refractivity contribution is 0.112. The summed E-state index contributed by atoms with van der Waals surface area (Å²) >= 11 is 0. The Morgan fingerprint density at radius 3 is 2.53 bits per heavy atom. The lowest BCUT2D eigenvalue weighted by Gasteiger charge is -2.18. The van der Waals surface area contributed by atoms with E-state index in [0.29, 0.717) is 0 Å². The highest BCUT2D eigenvalue weighted by Gasteiger charge is 2.16. The first-order chi connectivity index (χ1) is 8.15. The SMILES string of the molecule is CCCCc1c(OC)ccc(C=O)c1[SiH](C)C. The summed E-state index contributed by atoms with van der Waals surface area (Å²) in [5.41, 5.74) is 2.12. The molecule has 0 bridgehead atoms. The van der Waals surface area contributed by atoms with Crippen molar-refractivity contribution in [2.75, 3.05) is 7.11 Å². The van der Waals surface area contributed by atoms with Gasteiger partial charge in [0.15, 0.2) is 0 Å². The van der Waals surface area contributed by atoms with Crippen LogP contribution in [0.2, 0.25) is 13.1 Å². The van der Waals surface area contributed by atoms with Gasteiger partial charge in [0.2, 0.25) is 0 Å².